The third kappa shape index (κ3) is 11.7. The van der Waals surface area contributed by atoms with E-state index < -0.39 is 96.5 Å². The first-order valence-electron chi connectivity index (χ1n) is 19.5. The molecule has 6 N–H and O–H groups in total. The number of rotatable bonds is 18. The molecule has 17 heteroatoms. The van der Waals surface area contributed by atoms with E-state index in [2.05, 4.69) is 21.3 Å². The molecule has 7 atom stereocenters. The van der Waals surface area contributed by atoms with Gasteiger partial charge < -0.3 is 55.2 Å². The monoisotopic (exact) mass is 811 g/mol. The fourth-order valence-corrected chi connectivity index (χ4v) is 7.52. The third-order valence-electron chi connectivity index (χ3n) is 10.1. The van der Waals surface area contributed by atoms with E-state index >= 15 is 0 Å². The van der Waals surface area contributed by atoms with Crippen LogP contribution in [0.5, 0.6) is 5.75 Å². The van der Waals surface area contributed by atoms with E-state index in [0.29, 0.717) is 0 Å². The van der Waals surface area contributed by atoms with Crippen molar-refractivity contribution >= 4 is 29.6 Å². The number of hydrogen-bond donors (Lipinski definition) is 6. The van der Waals surface area contributed by atoms with Gasteiger partial charge in [0.2, 0.25) is 29.4 Å². The van der Waals surface area contributed by atoms with Crippen molar-refractivity contribution in [3.05, 3.63) is 65.7 Å². The molecule has 4 amide bonds. The highest BCUT2D eigenvalue weighted by Crippen LogP contribution is 2.47. The van der Waals surface area contributed by atoms with Crippen LogP contribution in [0.4, 0.5) is 0 Å². The molecule has 0 aromatic heterocycles. The molecule has 2 aromatic carbocycles. The van der Waals surface area contributed by atoms with Crippen molar-refractivity contribution in [1.82, 2.24) is 26.2 Å². The van der Waals surface area contributed by atoms with E-state index in [1.54, 1.807) is 68.3 Å². The number of phenols is 1. The van der Waals surface area contributed by atoms with Crippen LogP contribution in [-0.4, -0.2) is 132 Å². The Labute approximate surface area is 338 Å². The molecular formula is C41H57N5O12. The number of fused-ring (bicyclic) bond motifs is 3. The van der Waals surface area contributed by atoms with Crippen LogP contribution in [0, 0.1) is 5.92 Å². The van der Waals surface area contributed by atoms with Gasteiger partial charge in [0, 0.05) is 6.42 Å². The van der Waals surface area contributed by atoms with E-state index in [-0.39, 0.29) is 44.1 Å². The maximum absolute atomic E-state index is 13.9. The van der Waals surface area contributed by atoms with Crippen LogP contribution in [0.3, 0.4) is 0 Å². The summed E-state index contributed by atoms with van der Waals surface area (Å²) in [6.45, 7) is 10.1. The lowest BCUT2D eigenvalue weighted by molar-refractivity contribution is -0.286. The fourth-order valence-electron chi connectivity index (χ4n) is 7.52. The minimum Gasteiger partial charge on any atom is -0.508 e. The minimum absolute atomic E-state index is 0.0118. The highest BCUT2D eigenvalue weighted by Gasteiger charge is 2.65. The Kier molecular flexibility index (Phi) is 14.2. The molecule has 3 heterocycles. The Bertz CT molecular complexity index is 1770. The Hall–Kier alpha value is -4.65. The van der Waals surface area contributed by atoms with Crippen LogP contribution < -0.4 is 21.3 Å². The normalized spacial score (nSPS) is 24.5. The van der Waals surface area contributed by atoms with Gasteiger partial charge in [-0.05, 0) is 76.8 Å². The van der Waals surface area contributed by atoms with Gasteiger partial charge >= 0.3 is 5.97 Å². The van der Waals surface area contributed by atoms with E-state index in [4.69, 9.17) is 23.7 Å². The number of ether oxygens (including phenoxy) is 5. The van der Waals surface area contributed by atoms with Gasteiger partial charge in [-0.2, -0.15) is 0 Å². The van der Waals surface area contributed by atoms with Crippen molar-refractivity contribution in [2.45, 2.75) is 115 Å². The Balaban J connectivity index is 1.22. The van der Waals surface area contributed by atoms with Crippen LogP contribution >= 0.6 is 0 Å². The molecule has 5 rings (SSSR count). The molecule has 318 valence electrons. The van der Waals surface area contributed by atoms with Crippen molar-refractivity contribution < 1.29 is 57.9 Å². The number of phenolic OH excluding ortho intramolecular Hbond substituents is 1. The molecule has 0 unspecified atom stereocenters. The fraction of sp³-hybridized carbons (Fsp3) is 0.585. The Morgan fingerprint density at radius 1 is 0.793 bits per heavy atom. The smallest absolute Gasteiger partial charge is 0.326 e. The summed E-state index contributed by atoms with van der Waals surface area (Å²) < 4.78 is 31.4. The summed E-state index contributed by atoms with van der Waals surface area (Å²) in [5.41, 5.74) is 1.46. The van der Waals surface area contributed by atoms with Gasteiger partial charge in [0.05, 0.1) is 32.3 Å². The standard InChI is InChI=1S/C41H57N5O12/c1-24(2)17-29(38(52)53)45-36(50)28(18-25-11-9-8-10-12-25)44-33(49)21-42-32(48)20-43-37(51)30(19-26-13-15-27(47)16-14-26)46(7)23-41-35(57-40(5,6)58-41)34-31(22-54-41)55-39(3,4)56-34/h8-16,24,28-31,34-35,47H,17-23H2,1-7H3,(H,42,48)(H,43,51)(H,44,49)(H,45,50)(H,52,53)/t28-,29-,30-,31+,34+,35-,41-/m0/s1. The maximum Gasteiger partial charge on any atom is 0.326 e. The predicted molar refractivity (Wildman–Crippen MR) is 208 cm³/mol. The summed E-state index contributed by atoms with van der Waals surface area (Å²) in [6.07, 6.45) is -1.14. The lowest BCUT2D eigenvalue weighted by atomic mass is 9.95. The third-order valence-corrected chi connectivity index (χ3v) is 10.1. The average molecular weight is 812 g/mol. The first-order valence-corrected chi connectivity index (χ1v) is 19.5. The molecule has 0 aliphatic carbocycles. The molecule has 3 aliphatic heterocycles. The van der Waals surface area contributed by atoms with Gasteiger partial charge in [0.15, 0.2) is 11.6 Å². The molecule has 3 aliphatic rings. The van der Waals surface area contributed by atoms with Crippen LogP contribution in [0.25, 0.3) is 0 Å². The number of carboxylic acid groups (broad SMARTS) is 1. The second-order valence-corrected chi connectivity index (χ2v) is 16.4. The number of hydrogen-bond acceptors (Lipinski definition) is 12. The van der Waals surface area contributed by atoms with Crippen LogP contribution in [0.2, 0.25) is 0 Å². The quantitative estimate of drug-likeness (QED) is 0.125. The number of aliphatic carboxylic acids is 1. The number of carbonyl (C=O) groups is 5. The second-order valence-electron chi connectivity index (χ2n) is 16.4. The van der Waals surface area contributed by atoms with Crippen molar-refractivity contribution in [3.63, 3.8) is 0 Å². The zero-order chi connectivity index (χ0) is 42.4. The molecule has 3 saturated heterocycles. The minimum atomic E-state index is -1.33. The summed E-state index contributed by atoms with van der Waals surface area (Å²) in [5, 5.41) is 29.8. The van der Waals surface area contributed by atoms with Crippen molar-refractivity contribution in [2.24, 2.45) is 5.92 Å². The van der Waals surface area contributed by atoms with E-state index in [1.165, 1.54) is 12.1 Å². The summed E-state index contributed by atoms with van der Waals surface area (Å²) in [6, 6.07) is 12.2. The van der Waals surface area contributed by atoms with Gasteiger partial charge in [0.25, 0.3) is 0 Å². The van der Waals surface area contributed by atoms with Crippen molar-refractivity contribution in [3.8, 4) is 5.75 Å². The Morgan fingerprint density at radius 3 is 2.10 bits per heavy atom. The summed E-state index contributed by atoms with van der Waals surface area (Å²) in [4.78, 5) is 66.8. The average Bonchev–Trinajstić information content (AvgIpc) is 3.62. The number of nitrogens with zero attached hydrogens (tertiary/aromatic N) is 1. The van der Waals surface area contributed by atoms with Crippen LogP contribution in [-0.2, 0) is 60.5 Å². The van der Waals surface area contributed by atoms with Crippen LogP contribution in [0.15, 0.2) is 54.6 Å². The van der Waals surface area contributed by atoms with E-state index in [9.17, 15) is 34.2 Å². The topological polar surface area (TPSA) is 223 Å². The molecule has 0 spiro atoms. The molecule has 2 aromatic rings. The number of benzene rings is 2. The largest absolute Gasteiger partial charge is 0.508 e. The zero-order valence-electron chi connectivity index (χ0n) is 34.1. The number of amides is 4. The van der Waals surface area contributed by atoms with Gasteiger partial charge in [-0.3, -0.25) is 24.1 Å². The molecule has 0 radical (unpaired) electrons. The lowest BCUT2D eigenvalue weighted by Crippen LogP contribution is -2.64. The van der Waals surface area contributed by atoms with Gasteiger partial charge in [-0.1, -0.05) is 56.3 Å². The molecular weight excluding hydrogens is 754 g/mol. The maximum atomic E-state index is 13.9. The summed E-state index contributed by atoms with van der Waals surface area (Å²) >= 11 is 0. The van der Waals surface area contributed by atoms with E-state index in [1.807, 2.05) is 27.7 Å². The number of nitrogens with one attached hydrogen (secondary N) is 4. The summed E-state index contributed by atoms with van der Waals surface area (Å²) in [7, 11) is 1.73. The lowest BCUT2D eigenvalue weighted by Gasteiger charge is -2.43. The molecule has 0 saturated carbocycles. The van der Waals surface area contributed by atoms with Crippen LogP contribution in [0.1, 0.15) is 59.1 Å². The van der Waals surface area contributed by atoms with Crippen molar-refractivity contribution in [1.29, 1.82) is 0 Å². The molecule has 58 heavy (non-hydrogen) atoms. The molecule has 3 fully saturated rings. The highest BCUT2D eigenvalue weighted by atomic mass is 16.9. The number of likely N-dealkylation sites (N-methyl/N-ethyl adjacent to an activating group) is 1. The van der Waals surface area contributed by atoms with Crippen molar-refractivity contribution in [2.75, 3.05) is 33.3 Å². The summed E-state index contributed by atoms with van der Waals surface area (Å²) in [5.74, 6) is -6.93. The van der Waals surface area contributed by atoms with Gasteiger partial charge in [-0.15, -0.1) is 0 Å². The molecule has 0 bridgehead atoms. The highest BCUT2D eigenvalue weighted by molar-refractivity contribution is 5.93. The number of carboxylic acids is 1. The van der Waals surface area contributed by atoms with E-state index in [0.717, 1.165) is 11.1 Å². The Morgan fingerprint density at radius 2 is 1.45 bits per heavy atom. The SMILES string of the molecule is CC(C)C[C@H](NC(=O)[C@H](Cc1ccccc1)NC(=O)CNC(=O)CNC(=O)[C@H](Cc1ccc(O)cc1)N(C)C[C@@]12OC[C@H]3OC(C)(C)O[C@H]3[C@@H]1OC(C)(C)O2)C(=O)O. The first-order chi connectivity index (χ1) is 27.2. The molecule has 17 nitrogen and oxygen atoms in total. The second kappa shape index (κ2) is 18.5. The zero-order valence-corrected chi connectivity index (χ0v) is 34.1. The number of carbonyl (C=O) groups excluding carboxylic acids is 4. The van der Waals surface area contributed by atoms with Gasteiger partial charge in [0.1, 0.15) is 36.1 Å². The predicted octanol–water partition coefficient (Wildman–Crippen LogP) is 1.21. The number of aromatic hydroxyl groups is 1. The first kappa shape index (κ1) is 44.5. The van der Waals surface area contributed by atoms with Gasteiger partial charge in [-0.25, -0.2) is 4.79 Å².